The Kier molecular flexibility index (Phi) is 5.76. The molecule has 3 aromatic rings. The lowest BCUT2D eigenvalue weighted by Crippen LogP contribution is -2.46. The smallest absolute Gasteiger partial charge is 0.263 e. The van der Waals surface area contributed by atoms with Gasteiger partial charge in [0.1, 0.15) is 5.82 Å². The van der Waals surface area contributed by atoms with Crippen LogP contribution >= 0.6 is 11.3 Å². The minimum absolute atomic E-state index is 0.240. The van der Waals surface area contributed by atoms with Crippen LogP contribution in [-0.4, -0.2) is 54.3 Å². The second kappa shape index (κ2) is 8.84. The number of anilines is 1. The first-order chi connectivity index (χ1) is 15.6. The average Bonchev–Trinajstić information content (AvgIpc) is 3.40. The molecular formula is C25H24FN3O2S. The third kappa shape index (κ3) is 4.06. The molecule has 0 spiro atoms. The Morgan fingerprint density at radius 3 is 2.47 bits per heavy atom. The van der Waals surface area contributed by atoms with E-state index in [9.17, 15) is 14.0 Å². The van der Waals surface area contributed by atoms with Crippen molar-refractivity contribution in [2.24, 2.45) is 0 Å². The highest BCUT2D eigenvalue weighted by Crippen LogP contribution is 2.32. The van der Waals surface area contributed by atoms with Gasteiger partial charge in [-0.25, -0.2) is 4.39 Å². The number of carbonyl (C=O) groups is 2. The number of carbonyl (C=O) groups excluding carboxylic acids is 2. The third-order valence-electron chi connectivity index (χ3n) is 6.19. The van der Waals surface area contributed by atoms with E-state index in [0.29, 0.717) is 17.5 Å². The van der Waals surface area contributed by atoms with Gasteiger partial charge in [-0.05, 0) is 58.6 Å². The van der Waals surface area contributed by atoms with Crippen LogP contribution in [0.2, 0.25) is 0 Å². The van der Waals surface area contributed by atoms with Gasteiger partial charge in [-0.2, -0.15) is 11.3 Å². The Morgan fingerprint density at radius 1 is 0.906 bits per heavy atom. The first kappa shape index (κ1) is 20.8. The van der Waals surface area contributed by atoms with Crippen LogP contribution < -0.4 is 4.90 Å². The molecule has 0 N–H and O–H groups in total. The maximum Gasteiger partial charge on any atom is 0.263 e. The van der Waals surface area contributed by atoms with E-state index in [1.54, 1.807) is 23.5 Å². The van der Waals surface area contributed by atoms with Crippen LogP contribution in [0.3, 0.4) is 0 Å². The molecular weight excluding hydrogens is 425 g/mol. The number of imide groups is 1. The van der Waals surface area contributed by atoms with Gasteiger partial charge < -0.3 is 4.90 Å². The van der Waals surface area contributed by atoms with Gasteiger partial charge in [0.05, 0.1) is 16.8 Å². The van der Waals surface area contributed by atoms with Crippen molar-refractivity contribution in [3.05, 3.63) is 87.4 Å². The Morgan fingerprint density at radius 2 is 1.72 bits per heavy atom. The first-order valence-corrected chi connectivity index (χ1v) is 11.8. The van der Waals surface area contributed by atoms with Crippen molar-refractivity contribution < 1.29 is 14.0 Å². The van der Waals surface area contributed by atoms with Crippen LogP contribution in [-0.2, 0) is 13.0 Å². The molecule has 3 heterocycles. The van der Waals surface area contributed by atoms with E-state index in [1.165, 1.54) is 22.6 Å². The van der Waals surface area contributed by atoms with Crippen LogP contribution in [0.1, 0.15) is 31.8 Å². The molecule has 0 atom stereocenters. The average molecular weight is 450 g/mol. The van der Waals surface area contributed by atoms with Crippen LogP contribution in [0.4, 0.5) is 10.1 Å². The van der Waals surface area contributed by atoms with Gasteiger partial charge in [0.15, 0.2) is 0 Å². The van der Waals surface area contributed by atoms with Crippen LogP contribution in [0.5, 0.6) is 0 Å². The summed E-state index contributed by atoms with van der Waals surface area (Å²) >= 11 is 1.71. The van der Waals surface area contributed by atoms with E-state index in [1.807, 2.05) is 18.2 Å². The van der Waals surface area contributed by atoms with E-state index in [-0.39, 0.29) is 24.2 Å². The van der Waals surface area contributed by atoms with Gasteiger partial charge in [-0.15, -0.1) is 0 Å². The summed E-state index contributed by atoms with van der Waals surface area (Å²) in [5.74, 6) is -0.831. The third-order valence-corrected chi connectivity index (χ3v) is 6.92. The standard InChI is InChI=1S/C25H24FN3O2S/c26-20-4-1-3-18(15-20)7-9-29-24(30)21-5-2-6-22(23(21)25(29)31)28-12-10-27(11-13-28)16-19-8-14-32-17-19/h1-6,8,14-15,17H,7,9-13,16H2. The summed E-state index contributed by atoms with van der Waals surface area (Å²) in [6, 6.07) is 14.0. The summed E-state index contributed by atoms with van der Waals surface area (Å²) in [7, 11) is 0. The molecule has 1 aromatic heterocycles. The fourth-order valence-corrected chi connectivity index (χ4v) is 5.16. The molecule has 0 bridgehead atoms. The highest BCUT2D eigenvalue weighted by molar-refractivity contribution is 7.07. The van der Waals surface area contributed by atoms with E-state index in [4.69, 9.17) is 0 Å². The monoisotopic (exact) mass is 449 g/mol. The molecule has 32 heavy (non-hydrogen) atoms. The van der Waals surface area contributed by atoms with E-state index >= 15 is 0 Å². The van der Waals surface area contributed by atoms with E-state index in [0.717, 1.165) is 44.0 Å². The van der Waals surface area contributed by atoms with Crippen molar-refractivity contribution >= 4 is 28.8 Å². The fraction of sp³-hybridized carbons (Fsp3) is 0.280. The van der Waals surface area contributed by atoms with Gasteiger partial charge in [0.2, 0.25) is 0 Å². The number of nitrogens with zero attached hydrogens (tertiary/aromatic N) is 3. The van der Waals surface area contributed by atoms with Crippen molar-refractivity contribution in [3.63, 3.8) is 0 Å². The predicted molar refractivity (Wildman–Crippen MR) is 124 cm³/mol. The zero-order valence-corrected chi connectivity index (χ0v) is 18.5. The lowest BCUT2D eigenvalue weighted by molar-refractivity contribution is 0.0656. The highest BCUT2D eigenvalue weighted by Gasteiger charge is 2.38. The first-order valence-electron chi connectivity index (χ1n) is 10.8. The predicted octanol–water partition coefficient (Wildman–Crippen LogP) is 4.05. The zero-order valence-electron chi connectivity index (χ0n) is 17.7. The summed E-state index contributed by atoms with van der Waals surface area (Å²) in [4.78, 5) is 32.1. The Labute approximate surface area is 190 Å². The van der Waals surface area contributed by atoms with Crippen molar-refractivity contribution in [1.29, 1.82) is 0 Å². The Bertz CT molecular complexity index is 1140. The highest BCUT2D eigenvalue weighted by atomic mass is 32.1. The largest absolute Gasteiger partial charge is 0.368 e. The summed E-state index contributed by atoms with van der Waals surface area (Å²) in [6.45, 7) is 4.62. The lowest BCUT2D eigenvalue weighted by atomic mass is 10.1. The Balaban J connectivity index is 1.29. The molecule has 5 nitrogen and oxygen atoms in total. The normalized spacial score (nSPS) is 16.7. The van der Waals surface area contributed by atoms with Crippen molar-refractivity contribution in [2.45, 2.75) is 13.0 Å². The fourth-order valence-electron chi connectivity index (χ4n) is 4.50. The van der Waals surface area contributed by atoms with E-state index < -0.39 is 0 Å². The number of rotatable bonds is 6. The molecule has 0 saturated carbocycles. The quantitative estimate of drug-likeness (QED) is 0.533. The van der Waals surface area contributed by atoms with Gasteiger partial charge in [0.25, 0.3) is 11.8 Å². The number of amides is 2. The number of thiophene rings is 1. The molecule has 2 aromatic carbocycles. The van der Waals surface area contributed by atoms with Crippen LogP contribution in [0.15, 0.2) is 59.3 Å². The number of hydrogen-bond donors (Lipinski definition) is 0. The second-order valence-corrected chi connectivity index (χ2v) is 9.02. The molecule has 164 valence electrons. The summed E-state index contributed by atoms with van der Waals surface area (Å²) in [6.07, 6.45) is 0.430. The van der Waals surface area contributed by atoms with Crippen molar-refractivity contribution in [2.75, 3.05) is 37.6 Å². The second-order valence-electron chi connectivity index (χ2n) is 8.24. The molecule has 7 heteroatoms. The van der Waals surface area contributed by atoms with Crippen LogP contribution in [0.25, 0.3) is 0 Å². The molecule has 5 rings (SSSR count). The molecule has 1 saturated heterocycles. The Hall–Kier alpha value is -3.03. The summed E-state index contributed by atoms with van der Waals surface area (Å²) in [5.41, 5.74) is 3.90. The maximum absolute atomic E-state index is 13.5. The molecule has 0 radical (unpaired) electrons. The molecule has 0 aliphatic carbocycles. The van der Waals surface area contributed by atoms with Gasteiger partial charge in [0, 0.05) is 39.3 Å². The number of piperazine rings is 1. The number of halogens is 1. The van der Waals surface area contributed by atoms with Gasteiger partial charge in [-0.3, -0.25) is 19.4 Å². The maximum atomic E-state index is 13.5. The molecule has 2 aliphatic heterocycles. The van der Waals surface area contributed by atoms with E-state index in [2.05, 4.69) is 26.6 Å². The van der Waals surface area contributed by atoms with Crippen molar-refractivity contribution in [3.8, 4) is 0 Å². The number of fused-ring (bicyclic) bond motifs is 1. The molecule has 1 fully saturated rings. The summed E-state index contributed by atoms with van der Waals surface area (Å²) < 4.78 is 13.5. The molecule has 2 aliphatic rings. The topological polar surface area (TPSA) is 43.9 Å². The number of benzene rings is 2. The minimum atomic E-state index is -0.315. The lowest BCUT2D eigenvalue weighted by Gasteiger charge is -2.36. The van der Waals surface area contributed by atoms with Crippen LogP contribution in [0, 0.1) is 5.82 Å². The van der Waals surface area contributed by atoms with Crippen molar-refractivity contribution in [1.82, 2.24) is 9.80 Å². The molecule has 0 unspecified atom stereocenters. The van der Waals surface area contributed by atoms with Gasteiger partial charge >= 0.3 is 0 Å². The van der Waals surface area contributed by atoms with Gasteiger partial charge in [-0.1, -0.05) is 18.2 Å². The minimum Gasteiger partial charge on any atom is -0.368 e. The molecule has 2 amide bonds. The summed E-state index contributed by atoms with van der Waals surface area (Å²) in [5, 5.41) is 4.28. The SMILES string of the molecule is O=C1c2cccc(N3CCN(Cc4ccsc4)CC3)c2C(=O)N1CCc1cccc(F)c1. The number of hydrogen-bond acceptors (Lipinski definition) is 5. The zero-order chi connectivity index (χ0) is 22.1.